The molecule has 9 heteroatoms. The third-order valence-corrected chi connectivity index (χ3v) is 9.68. The molecule has 1 aliphatic rings. The zero-order chi connectivity index (χ0) is 23.9. The molecule has 0 radical (unpaired) electrons. The van der Waals surface area contributed by atoms with E-state index in [9.17, 15) is 9.59 Å². The van der Waals surface area contributed by atoms with Crippen LogP contribution in [0.4, 0.5) is 5.00 Å². The Morgan fingerprint density at radius 1 is 1.24 bits per heavy atom. The predicted octanol–water partition coefficient (Wildman–Crippen LogP) is 6.04. The van der Waals surface area contributed by atoms with Gasteiger partial charge in [0, 0.05) is 15.1 Å². The first-order valence-electron chi connectivity index (χ1n) is 11.0. The Hall–Kier alpha value is -1.97. The van der Waals surface area contributed by atoms with Gasteiger partial charge in [-0.15, -0.1) is 22.7 Å². The van der Waals surface area contributed by atoms with Crippen molar-refractivity contribution in [1.82, 2.24) is 9.97 Å². The number of amides is 1. The summed E-state index contributed by atoms with van der Waals surface area (Å²) in [6, 6.07) is 0. The van der Waals surface area contributed by atoms with Crippen LogP contribution in [0.2, 0.25) is 0 Å². The number of carbonyl (C=O) groups excluding carboxylic acids is 2. The van der Waals surface area contributed by atoms with Gasteiger partial charge in [-0.05, 0) is 55.6 Å². The first-order chi connectivity index (χ1) is 15.6. The Bertz CT molecular complexity index is 1220. The Morgan fingerprint density at radius 3 is 2.70 bits per heavy atom. The average Bonchev–Trinajstić information content (AvgIpc) is 3.27. The molecule has 1 N–H and O–H groups in total. The number of hydrogen-bond donors (Lipinski definition) is 1. The molecule has 0 saturated carbocycles. The van der Waals surface area contributed by atoms with Crippen molar-refractivity contribution in [2.75, 3.05) is 18.2 Å². The van der Waals surface area contributed by atoms with Crippen molar-refractivity contribution < 1.29 is 14.3 Å². The highest BCUT2D eigenvalue weighted by Gasteiger charge is 2.34. The molecule has 1 aliphatic carbocycles. The third-order valence-electron chi connectivity index (χ3n) is 6.40. The Labute approximate surface area is 206 Å². The number of thioether (sulfide) groups is 1. The lowest BCUT2D eigenvalue weighted by Crippen LogP contribution is -2.26. The molecule has 0 saturated heterocycles. The minimum absolute atomic E-state index is 0.160. The lowest BCUT2D eigenvalue weighted by atomic mass is 9.72. The van der Waals surface area contributed by atoms with Gasteiger partial charge < -0.3 is 10.1 Å². The number of carbonyl (C=O) groups is 2. The smallest absolute Gasteiger partial charge is 0.341 e. The number of nitrogens with zero attached hydrogens (tertiary/aromatic N) is 2. The maximum atomic E-state index is 12.9. The SMILES string of the molecule is COC(=O)c1c(NC(=O)CSc2ncnc3sc(C)c(C)c23)sc2c1CC[C@@H](C(C)(C)C)C2. The average molecular weight is 504 g/mol. The molecular formula is C24H29N3O3S3. The molecule has 0 aromatic carbocycles. The number of thiophene rings is 2. The lowest BCUT2D eigenvalue weighted by Gasteiger charge is -2.33. The fraction of sp³-hybridized carbons (Fsp3) is 0.500. The minimum atomic E-state index is -0.383. The van der Waals surface area contributed by atoms with Gasteiger partial charge in [0.15, 0.2) is 0 Å². The molecule has 0 spiro atoms. The van der Waals surface area contributed by atoms with Gasteiger partial charge in [0.1, 0.15) is 21.2 Å². The second-order valence-electron chi connectivity index (χ2n) is 9.48. The molecule has 1 amide bonds. The molecule has 1 atom stereocenters. The second kappa shape index (κ2) is 9.35. The number of anilines is 1. The van der Waals surface area contributed by atoms with Crippen LogP contribution in [0.5, 0.6) is 0 Å². The number of fused-ring (bicyclic) bond motifs is 2. The monoisotopic (exact) mass is 503 g/mol. The van der Waals surface area contributed by atoms with Gasteiger partial charge in [-0.25, -0.2) is 14.8 Å². The molecule has 6 nitrogen and oxygen atoms in total. The standard InChI is InChI=1S/C24H29N3O3S3/c1-12-13(2)32-21-18(12)20(25-11-26-21)31-10-17(28)27-22-19(23(29)30-6)15-8-7-14(24(3,4)5)9-16(15)33-22/h11,14H,7-10H2,1-6H3,(H,27,28)/t14-/m1/s1. The molecule has 0 aliphatic heterocycles. The number of ether oxygens (including phenoxy) is 1. The van der Waals surface area contributed by atoms with E-state index in [1.165, 1.54) is 40.0 Å². The number of esters is 1. The summed E-state index contributed by atoms with van der Waals surface area (Å²) in [5.41, 5.74) is 2.92. The Balaban J connectivity index is 1.54. The van der Waals surface area contributed by atoms with Crippen molar-refractivity contribution in [3.05, 3.63) is 32.8 Å². The zero-order valence-corrected chi connectivity index (χ0v) is 22.3. The quantitative estimate of drug-likeness (QED) is 0.260. The maximum absolute atomic E-state index is 12.9. The van der Waals surface area contributed by atoms with Crippen molar-refractivity contribution in [1.29, 1.82) is 0 Å². The summed E-state index contributed by atoms with van der Waals surface area (Å²) in [5.74, 6) is 0.207. The van der Waals surface area contributed by atoms with Gasteiger partial charge in [0.05, 0.1) is 18.4 Å². The van der Waals surface area contributed by atoms with Crippen LogP contribution in [0.15, 0.2) is 11.4 Å². The maximum Gasteiger partial charge on any atom is 0.341 e. The normalized spacial score (nSPS) is 16.0. The van der Waals surface area contributed by atoms with Gasteiger partial charge in [0.2, 0.25) is 5.91 Å². The summed E-state index contributed by atoms with van der Waals surface area (Å²) in [4.78, 5) is 37.6. The van der Waals surface area contributed by atoms with Gasteiger partial charge in [0.25, 0.3) is 0 Å². The van der Waals surface area contributed by atoms with E-state index >= 15 is 0 Å². The summed E-state index contributed by atoms with van der Waals surface area (Å²) in [5, 5.41) is 5.42. The molecule has 176 valence electrons. The third kappa shape index (κ3) is 4.81. The van der Waals surface area contributed by atoms with Crippen molar-refractivity contribution in [2.24, 2.45) is 11.3 Å². The van der Waals surface area contributed by atoms with Crippen LogP contribution in [-0.4, -0.2) is 34.7 Å². The van der Waals surface area contributed by atoms with E-state index in [0.717, 1.165) is 45.6 Å². The van der Waals surface area contributed by atoms with E-state index in [0.29, 0.717) is 16.5 Å². The van der Waals surface area contributed by atoms with Crippen LogP contribution in [0.3, 0.4) is 0 Å². The van der Waals surface area contributed by atoms with E-state index in [-0.39, 0.29) is 23.0 Å². The number of nitrogens with one attached hydrogen (secondary N) is 1. The highest BCUT2D eigenvalue weighted by atomic mass is 32.2. The van der Waals surface area contributed by atoms with Crippen molar-refractivity contribution in [2.45, 2.75) is 58.9 Å². The van der Waals surface area contributed by atoms with Crippen LogP contribution < -0.4 is 5.32 Å². The first kappa shape index (κ1) is 24.2. The molecule has 3 heterocycles. The van der Waals surface area contributed by atoms with E-state index < -0.39 is 0 Å². The summed E-state index contributed by atoms with van der Waals surface area (Å²) in [7, 11) is 1.39. The molecule has 33 heavy (non-hydrogen) atoms. The summed E-state index contributed by atoms with van der Waals surface area (Å²) in [6.07, 6.45) is 4.34. The first-order valence-corrected chi connectivity index (χ1v) is 13.6. The van der Waals surface area contributed by atoms with Gasteiger partial charge in [-0.2, -0.15) is 0 Å². The minimum Gasteiger partial charge on any atom is -0.465 e. The number of methoxy groups -OCH3 is 1. The molecule has 4 rings (SSSR count). The number of hydrogen-bond acceptors (Lipinski definition) is 8. The van der Waals surface area contributed by atoms with Crippen molar-refractivity contribution in [3.63, 3.8) is 0 Å². The van der Waals surface area contributed by atoms with Gasteiger partial charge in [-0.1, -0.05) is 32.5 Å². The molecule has 0 bridgehead atoms. The largest absolute Gasteiger partial charge is 0.465 e. The van der Waals surface area contributed by atoms with E-state index in [4.69, 9.17) is 4.74 Å². The Kier molecular flexibility index (Phi) is 6.85. The second-order valence-corrected chi connectivity index (χ2v) is 12.8. The van der Waals surface area contributed by atoms with Crippen LogP contribution in [0.1, 0.15) is 58.4 Å². The van der Waals surface area contributed by atoms with Crippen LogP contribution >= 0.6 is 34.4 Å². The van der Waals surface area contributed by atoms with Gasteiger partial charge >= 0.3 is 5.97 Å². The summed E-state index contributed by atoms with van der Waals surface area (Å²) < 4.78 is 5.07. The van der Waals surface area contributed by atoms with Crippen molar-refractivity contribution >= 4 is 61.5 Å². The lowest BCUT2D eigenvalue weighted by molar-refractivity contribution is -0.113. The van der Waals surface area contributed by atoms with E-state index in [1.807, 2.05) is 0 Å². The Morgan fingerprint density at radius 2 is 2.00 bits per heavy atom. The summed E-state index contributed by atoms with van der Waals surface area (Å²) in [6.45, 7) is 10.9. The van der Waals surface area contributed by atoms with Crippen LogP contribution in [0.25, 0.3) is 10.2 Å². The fourth-order valence-electron chi connectivity index (χ4n) is 4.29. The van der Waals surface area contributed by atoms with Crippen LogP contribution in [-0.2, 0) is 22.4 Å². The highest BCUT2D eigenvalue weighted by Crippen LogP contribution is 2.44. The number of rotatable bonds is 5. The van der Waals surface area contributed by atoms with E-state index in [1.54, 1.807) is 17.7 Å². The van der Waals surface area contributed by atoms with Crippen molar-refractivity contribution in [3.8, 4) is 0 Å². The van der Waals surface area contributed by atoms with E-state index in [2.05, 4.69) is 49.9 Å². The summed E-state index contributed by atoms with van der Waals surface area (Å²) >= 11 is 4.55. The zero-order valence-electron chi connectivity index (χ0n) is 19.8. The highest BCUT2D eigenvalue weighted by molar-refractivity contribution is 8.00. The fourth-order valence-corrected chi connectivity index (χ4v) is 7.54. The van der Waals surface area contributed by atoms with Gasteiger partial charge in [-0.3, -0.25) is 4.79 Å². The molecule has 3 aromatic heterocycles. The number of aryl methyl sites for hydroxylation is 2. The molecule has 0 fully saturated rings. The molecule has 3 aromatic rings. The predicted molar refractivity (Wildman–Crippen MR) is 137 cm³/mol. The number of aromatic nitrogens is 2. The molecule has 0 unspecified atom stereocenters. The molecular weight excluding hydrogens is 474 g/mol. The topological polar surface area (TPSA) is 81.2 Å². The van der Waals surface area contributed by atoms with Crippen LogP contribution in [0, 0.1) is 25.2 Å².